The highest BCUT2D eigenvalue weighted by Crippen LogP contribution is 2.35. The Bertz CT molecular complexity index is 648. The maximum absolute atomic E-state index is 6.19. The molecule has 0 aliphatic carbocycles. The van der Waals surface area contributed by atoms with Crippen LogP contribution in [-0.4, -0.2) is 11.6 Å². The predicted octanol–water partition coefficient (Wildman–Crippen LogP) is 3.18. The van der Waals surface area contributed by atoms with E-state index in [1.807, 2.05) is 24.3 Å². The molecule has 3 rings (SSSR count). The topological polar surface area (TPSA) is 60.2 Å². The number of hydrogen-bond acceptors (Lipinski definition) is 4. The first-order chi connectivity index (χ1) is 10.2. The van der Waals surface area contributed by atoms with E-state index in [9.17, 15) is 0 Å². The highest BCUT2D eigenvalue weighted by Gasteiger charge is 2.21. The van der Waals surface area contributed by atoms with Gasteiger partial charge in [0.15, 0.2) is 0 Å². The van der Waals surface area contributed by atoms with Crippen LogP contribution in [0.25, 0.3) is 0 Å². The van der Waals surface area contributed by atoms with Crippen molar-refractivity contribution < 1.29 is 4.74 Å². The summed E-state index contributed by atoms with van der Waals surface area (Å²) in [5.41, 5.74) is 5.92. The van der Waals surface area contributed by atoms with Gasteiger partial charge in [-0.15, -0.1) is 0 Å². The average Bonchev–Trinajstić information content (AvgIpc) is 2.94. The molecule has 1 atom stereocenters. The van der Waals surface area contributed by atoms with E-state index in [0.717, 1.165) is 38.5 Å². The zero-order valence-corrected chi connectivity index (χ0v) is 13.6. The summed E-state index contributed by atoms with van der Waals surface area (Å²) in [5.74, 6) is 6.64. The molecule has 21 heavy (non-hydrogen) atoms. The van der Waals surface area contributed by atoms with E-state index in [0.29, 0.717) is 13.0 Å². The van der Waals surface area contributed by atoms with Gasteiger partial charge >= 0.3 is 0 Å². The summed E-state index contributed by atoms with van der Waals surface area (Å²) in [6.07, 6.45) is 3.34. The van der Waals surface area contributed by atoms with E-state index >= 15 is 0 Å². The van der Waals surface area contributed by atoms with Gasteiger partial charge in [-0.25, -0.2) is 0 Å². The van der Waals surface area contributed by atoms with Crippen LogP contribution in [-0.2, 0) is 12.8 Å². The molecule has 1 aromatic carbocycles. The molecule has 0 spiro atoms. The van der Waals surface area contributed by atoms with Crippen LogP contribution in [0.2, 0.25) is 5.02 Å². The van der Waals surface area contributed by atoms with E-state index in [1.165, 1.54) is 0 Å². The summed E-state index contributed by atoms with van der Waals surface area (Å²) in [6, 6.07) is 7.71. The van der Waals surface area contributed by atoms with Crippen LogP contribution in [0.5, 0.6) is 5.75 Å². The number of hydrazine groups is 1. The Morgan fingerprint density at radius 1 is 1.43 bits per heavy atom. The number of aromatic nitrogens is 1. The van der Waals surface area contributed by atoms with Crippen molar-refractivity contribution in [3.63, 3.8) is 0 Å². The summed E-state index contributed by atoms with van der Waals surface area (Å²) < 4.78 is 6.67. The van der Waals surface area contributed by atoms with Crippen molar-refractivity contribution in [2.75, 3.05) is 6.61 Å². The highest BCUT2D eigenvalue weighted by atomic mass is 79.9. The summed E-state index contributed by atoms with van der Waals surface area (Å²) in [5, 5.41) is 0.730. The first kappa shape index (κ1) is 14.8. The lowest BCUT2D eigenvalue weighted by atomic mass is 10.00. The molecule has 0 bridgehead atoms. The first-order valence-electron chi connectivity index (χ1n) is 6.69. The Balaban J connectivity index is 1.89. The fraction of sp³-hybridized carbons (Fsp3) is 0.267. The Labute approximate surface area is 136 Å². The van der Waals surface area contributed by atoms with Crippen LogP contribution in [0, 0.1) is 0 Å². The van der Waals surface area contributed by atoms with Crippen molar-refractivity contribution in [1.29, 1.82) is 0 Å². The minimum Gasteiger partial charge on any atom is -0.493 e. The largest absolute Gasteiger partial charge is 0.493 e. The second-order valence-corrected chi connectivity index (χ2v) is 6.33. The van der Waals surface area contributed by atoms with Crippen molar-refractivity contribution in [2.45, 2.75) is 18.9 Å². The molecule has 2 aromatic rings. The van der Waals surface area contributed by atoms with Crippen molar-refractivity contribution in [3.8, 4) is 5.75 Å². The molecule has 1 aliphatic rings. The molecule has 0 saturated heterocycles. The number of ether oxygens (including phenoxy) is 1. The third kappa shape index (κ3) is 3.21. The van der Waals surface area contributed by atoms with Crippen LogP contribution in [0.4, 0.5) is 0 Å². The second-order valence-electron chi connectivity index (χ2n) is 4.98. The number of nitrogens with one attached hydrogen (secondary N) is 1. The molecule has 0 saturated carbocycles. The fourth-order valence-corrected chi connectivity index (χ4v) is 3.06. The molecule has 1 unspecified atom stereocenters. The van der Waals surface area contributed by atoms with Gasteiger partial charge in [0.25, 0.3) is 0 Å². The monoisotopic (exact) mass is 367 g/mol. The molecule has 4 nitrogen and oxygen atoms in total. The van der Waals surface area contributed by atoms with E-state index in [2.05, 4.69) is 26.3 Å². The molecule has 0 radical (unpaired) electrons. The molecule has 2 heterocycles. The summed E-state index contributed by atoms with van der Waals surface area (Å²) in [7, 11) is 0. The number of benzene rings is 1. The number of halogens is 2. The Morgan fingerprint density at radius 3 is 3.00 bits per heavy atom. The van der Waals surface area contributed by atoms with Gasteiger partial charge in [-0.1, -0.05) is 11.6 Å². The highest BCUT2D eigenvalue weighted by molar-refractivity contribution is 9.10. The number of hydrogen-bond donors (Lipinski definition) is 2. The normalized spacial score (nSPS) is 14.6. The van der Waals surface area contributed by atoms with E-state index in [1.54, 1.807) is 6.20 Å². The van der Waals surface area contributed by atoms with E-state index in [4.69, 9.17) is 22.2 Å². The van der Waals surface area contributed by atoms with Crippen LogP contribution < -0.4 is 16.0 Å². The number of nitrogens with zero attached hydrogens (tertiary/aromatic N) is 1. The molecule has 6 heteroatoms. The lowest BCUT2D eigenvalue weighted by Crippen LogP contribution is -2.30. The number of nitrogens with two attached hydrogens (primary N) is 1. The molecule has 0 amide bonds. The smallest absolute Gasteiger partial charge is 0.125 e. The lowest BCUT2D eigenvalue weighted by molar-refractivity contribution is 0.351. The Kier molecular flexibility index (Phi) is 4.45. The van der Waals surface area contributed by atoms with Gasteiger partial charge in [-0.3, -0.25) is 16.3 Å². The van der Waals surface area contributed by atoms with Crippen LogP contribution in [0.1, 0.15) is 22.9 Å². The molecule has 1 aliphatic heterocycles. The van der Waals surface area contributed by atoms with Crippen LogP contribution in [0.3, 0.4) is 0 Å². The van der Waals surface area contributed by atoms with Gasteiger partial charge in [-0.05, 0) is 57.7 Å². The Morgan fingerprint density at radius 2 is 2.29 bits per heavy atom. The second kappa shape index (κ2) is 6.32. The number of rotatable bonds is 4. The average molecular weight is 369 g/mol. The molecule has 0 fully saturated rings. The quantitative estimate of drug-likeness (QED) is 0.643. The van der Waals surface area contributed by atoms with E-state index < -0.39 is 0 Å². The fourth-order valence-electron chi connectivity index (χ4n) is 2.56. The van der Waals surface area contributed by atoms with Gasteiger partial charge in [-0.2, -0.15) is 0 Å². The van der Waals surface area contributed by atoms with Crippen molar-refractivity contribution in [2.24, 2.45) is 5.84 Å². The zero-order chi connectivity index (χ0) is 14.8. The molecule has 3 N–H and O–H groups in total. The standard InChI is InChI=1S/C15H15BrClN3O/c16-11-1-2-13(19-8-11)14(20-18)7-10-6-12(17)5-9-3-4-21-15(9)10/h1-2,5-6,8,14,20H,3-4,7,18H2. The number of pyridine rings is 1. The third-order valence-electron chi connectivity index (χ3n) is 3.56. The van der Waals surface area contributed by atoms with Gasteiger partial charge in [0, 0.05) is 22.1 Å². The van der Waals surface area contributed by atoms with Crippen molar-refractivity contribution >= 4 is 27.5 Å². The van der Waals surface area contributed by atoms with Gasteiger partial charge in [0.2, 0.25) is 0 Å². The number of fused-ring (bicyclic) bond motifs is 1. The minimum absolute atomic E-state index is 0.0927. The van der Waals surface area contributed by atoms with Crippen molar-refractivity contribution in [1.82, 2.24) is 10.4 Å². The van der Waals surface area contributed by atoms with Gasteiger partial charge in [0.1, 0.15) is 5.75 Å². The minimum atomic E-state index is -0.0927. The summed E-state index contributed by atoms with van der Waals surface area (Å²) >= 11 is 9.57. The van der Waals surface area contributed by atoms with Crippen molar-refractivity contribution in [3.05, 3.63) is 56.8 Å². The summed E-state index contributed by atoms with van der Waals surface area (Å²) in [4.78, 5) is 4.40. The first-order valence-corrected chi connectivity index (χ1v) is 7.86. The van der Waals surface area contributed by atoms with Crippen LogP contribution in [0.15, 0.2) is 34.9 Å². The zero-order valence-electron chi connectivity index (χ0n) is 11.3. The van der Waals surface area contributed by atoms with Gasteiger partial charge in [0.05, 0.1) is 18.3 Å². The van der Waals surface area contributed by atoms with Gasteiger partial charge < -0.3 is 4.74 Å². The Hall–Kier alpha value is -1.14. The van der Waals surface area contributed by atoms with Crippen LogP contribution >= 0.6 is 27.5 Å². The lowest BCUT2D eigenvalue weighted by Gasteiger charge is -2.17. The predicted molar refractivity (Wildman–Crippen MR) is 86.4 cm³/mol. The molecule has 1 aromatic heterocycles. The molecular weight excluding hydrogens is 354 g/mol. The maximum atomic E-state index is 6.19. The SMILES string of the molecule is NNC(Cc1cc(Cl)cc2c1OCC2)c1ccc(Br)cn1. The molecular formula is C15H15BrClN3O. The molecule has 110 valence electrons. The summed E-state index contributed by atoms with van der Waals surface area (Å²) in [6.45, 7) is 0.708. The third-order valence-corrected chi connectivity index (χ3v) is 4.25. The van der Waals surface area contributed by atoms with E-state index in [-0.39, 0.29) is 6.04 Å². The maximum Gasteiger partial charge on any atom is 0.125 e.